The van der Waals surface area contributed by atoms with Crippen molar-refractivity contribution in [3.8, 4) is 0 Å². The van der Waals surface area contributed by atoms with Crippen LogP contribution in [0.3, 0.4) is 0 Å². The maximum absolute atomic E-state index is 12.5. The lowest BCUT2D eigenvalue weighted by molar-refractivity contribution is -0.143. The summed E-state index contributed by atoms with van der Waals surface area (Å²) < 4.78 is 1.05. The second kappa shape index (κ2) is 5.90. The summed E-state index contributed by atoms with van der Waals surface area (Å²) in [5.74, 6) is -1.29. The Kier molecular flexibility index (Phi) is 4.44. The quantitative estimate of drug-likeness (QED) is 0.811. The van der Waals surface area contributed by atoms with E-state index in [0.717, 1.165) is 15.6 Å². The van der Waals surface area contributed by atoms with Gasteiger partial charge in [0.25, 0.3) is 5.91 Å². The molecular weight excluding hydrogens is 357 g/mol. The van der Waals surface area contributed by atoms with Gasteiger partial charge in [0.1, 0.15) is 0 Å². The first-order chi connectivity index (χ1) is 9.00. The van der Waals surface area contributed by atoms with Crippen LogP contribution in [0.2, 0.25) is 0 Å². The van der Waals surface area contributed by atoms with E-state index in [9.17, 15) is 9.59 Å². The van der Waals surface area contributed by atoms with Crippen molar-refractivity contribution >= 4 is 34.5 Å². The van der Waals surface area contributed by atoms with Crippen LogP contribution in [0.4, 0.5) is 0 Å². The van der Waals surface area contributed by atoms with E-state index in [1.807, 2.05) is 25.1 Å². The Bertz CT molecular complexity index is 515. The van der Waals surface area contributed by atoms with Crippen LogP contribution in [0.15, 0.2) is 18.2 Å². The van der Waals surface area contributed by atoms with E-state index in [1.165, 1.54) is 0 Å². The maximum atomic E-state index is 12.5. The average molecular weight is 373 g/mol. The molecule has 0 spiro atoms. The third-order valence-electron chi connectivity index (χ3n) is 3.56. The first kappa shape index (κ1) is 14.3. The van der Waals surface area contributed by atoms with Crippen LogP contribution in [0.1, 0.15) is 28.8 Å². The molecule has 1 fully saturated rings. The zero-order valence-corrected chi connectivity index (χ0v) is 12.9. The first-order valence-corrected chi connectivity index (χ1v) is 7.35. The fourth-order valence-corrected chi connectivity index (χ4v) is 2.87. The van der Waals surface area contributed by atoms with Gasteiger partial charge in [-0.1, -0.05) is 6.07 Å². The Balaban J connectivity index is 2.19. The number of carbonyl (C=O) groups is 2. The molecule has 1 aliphatic heterocycles. The minimum absolute atomic E-state index is 0.0537. The number of aliphatic carboxylic acids is 1. The summed E-state index contributed by atoms with van der Waals surface area (Å²) in [6.45, 7) is 2.89. The molecule has 1 unspecified atom stereocenters. The molecule has 1 saturated heterocycles. The standard InChI is InChI=1S/C14H16INO3/c1-9-11(5-2-6-12(9)15)13(17)16-7-3-4-10(8-16)14(18)19/h2,5-6,10H,3-4,7-8H2,1H3,(H,18,19). The molecule has 1 N–H and O–H groups in total. The highest BCUT2D eigenvalue weighted by molar-refractivity contribution is 14.1. The zero-order valence-electron chi connectivity index (χ0n) is 10.7. The minimum Gasteiger partial charge on any atom is -0.481 e. The van der Waals surface area contributed by atoms with Crippen molar-refractivity contribution < 1.29 is 14.7 Å². The molecule has 0 bridgehead atoms. The summed E-state index contributed by atoms with van der Waals surface area (Å²) in [7, 11) is 0. The number of carboxylic acids is 1. The Labute approximate surface area is 125 Å². The van der Waals surface area contributed by atoms with Crippen LogP contribution < -0.4 is 0 Å². The normalized spacial score (nSPS) is 19.3. The number of carbonyl (C=O) groups excluding carboxylic acids is 1. The number of rotatable bonds is 2. The second-order valence-corrected chi connectivity index (χ2v) is 6.00. The largest absolute Gasteiger partial charge is 0.481 e. The fourth-order valence-electron chi connectivity index (χ4n) is 2.37. The Hall–Kier alpha value is -1.11. The molecule has 0 radical (unpaired) electrons. The molecule has 1 atom stereocenters. The SMILES string of the molecule is Cc1c(I)cccc1C(=O)N1CCCC(C(=O)O)C1. The number of halogens is 1. The lowest BCUT2D eigenvalue weighted by atomic mass is 9.97. The average Bonchev–Trinajstić information content (AvgIpc) is 2.41. The highest BCUT2D eigenvalue weighted by Crippen LogP contribution is 2.22. The van der Waals surface area contributed by atoms with Gasteiger partial charge in [-0.15, -0.1) is 0 Å². The van der Waals surface area contributed by atoms with Crippen molar-refractivity contribution in [3.05, 3.63) is 32.9 Å². The van der Waals surface area contributed by atoms with Crippen LogP contribution in [-0.2, 0) is 4.79 Å². The molecule has 0 aromatic heterocycles. The summed E-state index contributed by atoms with van der Waals surface area (Å²) in [6, 6.07) is 5.63. The van der Waals surface area contributed by atoms with E-state index in [1.54, 1.807) is 4.90 Å². The molecule has 102 valence electrons. The molecule has 1 aromatic carbocycles. The van der Waals surface area contributed by atoms with E-state index < -0.39 is 11.9 Å². The molecule has 1 aromatic rings. The zero-order chi connectivity index (χ0) is 14.0. The van der Waals surface area contributed by atoms with E-state index in [-0.39, 0.29) is 5.91 Å². The van der Waals surface area contributed by atoms with Crippen LogP contribution in [0, 0.1) is 16.4 Å². The van der Waals surface area contributed by atoms with Crippen molar-refractivity contribution in [3.63, 3.8) is 0 Å². The van der Waals surface area contributed by atoms with Crippen LogP contribution >= 0.6 is 22.6 Å². The first-order valence-electron chi connectivity index (χ1n) is 6.28. The molecular formula is C14H16INO3. The van der Waals surface area contributed by atoms with Gasteiger partial charge in [0.2, 0.25) is 0 Å². The number of benzene rings is 1. The third-order valence-corrected chi connectivity index (χ3v) is 4.72. The summed E-state index contributed by atoms with van der Waals surface area (Å²) in [6.07, 6.45) is 1.41. The number of piperidine rings is 1. The topological polar surface area (TPSA) is 57.6 Å². The highest BCUT2D eigenvalue weighted by atomic mass is 127. The summed E-state index contributed by atoms with van der Waals surface area (Å²) >= 11 is 2.20. The van der Waals surface area contributed by atoms with Gasteiger partial charge >= 0.3 is 5.97 Å². The monoisotopic (exact) mass is 373 g/mol. The molecule has 0 aliphatic carbocycles. The van der Waals surface area contributed by atoms with Crippen LogP contribution in [0.25, 0.3) is 0 Å². The van der Waals surface area contributed by atoms with Crippen molar-refractivity contribution in [1.82, 2.24) is 4.90 Å². The van der Waals surface area contributed by atoms with Gasteiger partial charge in [-0.05, 0) is 60.1 Å². The van der Waals surface area contributed by atoms with Gasteiger partial charge in [-0.25, -0.2) is 0 Å². The lowest BCUT2D eigenvalue weighted by Crippen LogP contribution is -2.42. The highest BCUT2D eigenvalue weighted by Gasteiger charge is 2.29. The molecule has 19 heavy (non-hydrogen) atoms. The molecule has 4 nitrogen and oxygen atoms in total. The minimum atomic E-state index is -0.808. The van der Waals surface area contributed by atoms with Crippen molar-refractivity contribution in [2.45, 2.75) is 19.8 Å². The van der Waals surface area contributed by atoms with E-state index >= 15 is 0 Å². The van der Waals surface area contributed by atoms with Gasteiger partial charge < -0.3 is 10.0 Å². The third kappa shape index (κ3) is 3.08. The van der Waals surface area contributed by atoms with Crippen molar-refractivity contribution in [1.29, 1.82) is 0 Å². The van der Waals surface area contributed by atoms with E-state index in [2.05, 4.69) is 22.6 Å². The van der Waals surface area contributed by atoms with Crippen molar-refractivity contribution in [2.75, 3.05) is 13.1 Å². The van der Waals surface area contributed by atoms with Gasteiger partial charge in [0.05, 0.1) is 5.92 Å². The van der Waals surface area contributed by atoms with Gasteiger partial charge in [-0.2, -0.15) is 0 Å². The second-order valence-electron chi connectivity index (χ2n) is 4.84. The van der Waals surface area contributed by atoms with Gasteiger partial charge in [0.15, 0.2) is 0 Å². The number of amides is 1. The number of likely N-dealkylation sites (tertiary alicyclic amines) is 1. The molecule has 1 amide bonds. The number of hydrogen-bond donors (Lipinski definition) is 1. The predicted molar refractivity (Wildman–Crippen MR) is 80.2 cm³/mol. The van der Waals surface area contributed by atoms with Crippen molar-refractivity contribution in [2.24, 2.45) is 5.92 Å². The number of nitrogens with zero attached hydrogens (tertiary/aromatic N) is 1. The van der Waals surface area contributed by atoms with Crippen LogP contribution in [0.5, 0.6) is 0 Å². The van der Waals surface area contributed by atoms with E-state index in [4.69, 9.17) is 5.11 Å². The number of hydrogen-bond acceptors (Lipinski definition) is 2. The Morgan fingerprint density at radius 3 is 2.84 bits per heavy atom. The molecule has 1 heterocycles. The molecule has 5 heteroatoms. The summed E-state index contributed by atoms with van der Waals surface area (Å²) in [5.41, 5.74) is 1.64. The van der Waals surface area contributed by atoms with E-state index in [0.29, 0.717) is 25.1 Å². The molecule has 1 aliphatic rings. The van der Waals surface area contributed by atoms with Gasteiger partial charge in [-0.3, -0.25) is 9.59 Å². The fraction of sp³-hybridized carbons (Fsp3) is 0.429. The smallest absolute Gasteiger partial charge is 0.308 e. The Morgan fingerprint density at radius 2 is 2.16 bits per heavy atom. The predicted octanol–water partition coefficient (Wildman–Crippen LogP) is 2.54. The molecule has 0 saturated carbocycles. The summed E-state index contributed by atoms with van der Waals surface area (Å²) in [4.78, 5) is 25.2. The number of carboxylic acid groups (broad SMARTS) is 1. The Morgan fingerprint density at radius 1 is 1.42 bits per heavy atom. The lowest BCUT2D eigenvalue weighted by Gasteiger charge is -2.31. The molecule has 2 rings (SSSR count). The van der Waals surface area contributed by atoms with Gasteiger partial charge in [0, 0.05) is 22.2 Å². The summed E-state index contributed by atoms with van der Waals surface area (Å²) in [5, 5.41) is 9.07. The van der Waals surface area contributed by atoms with Crippen LogP contribution in [-0.4, -0.2) is 35.0 Å². The maximum Gasteiger partial charge on any atom is 0.308 e.